The molecule has 0 saturated heterocycles. The number of hydrogen-bond acceptors (Lipinski definition) is 2. The van der Waals surface area contributed by atoms with Crippen LogP contribution < -0.4 is 0 Å². The first-order valence-corrected chi connectivity index (χ1v) is 4.44. The zero-order valence-electron chi connectivity index (χ0n) is 7.32. The average molecular weight is 166 g/mol. The van der Waals surface area contributed by atoms with Crippen LogP contribution >= 0.6 is 0 Å². The summed E-state index contributed by atoms with van der Waals surface area (Å²) in [5, 5.41) is 13.5. The van der Waals surface area contributed by atoms with Crippen LogP contribution in [0.1, 0.15) is 30.0 Å². The SMILES string of the molecule is Cn1cc2c(n1)C(CO)CCC2. The van der Waals surface area contributed by atoms with Gasteiger partial charge in [-0.2, -0.15) is 5.10 Å². The summed E-state index contributed by atoms with van der Waals surface area (Å²) in [6.45, 7) is 0.240. The van der Waals surface area contributed by atoms with Crippen LogP contribution in [-0.4, -0.2) is 21.5 Å². The molecule has 2 rings (SSSR count). The highest BCUT2D eigenvalue weighted by Crippen LogP contribution is 2.29. The van der Waals surface area contributed by atoms with Crippen LogP contribution in [0.15, 0.2) is 6.20 Å². The molecule has 0 spiro atoms. The molecule has 0 aliphatic heterocycles. The maximum Gasteiger partial charge on any atom is 0.0710 e. The first-order chi connectivity index (χ1) is 5.81. The summed E-state index contributed by atoms with van der Waals surface area (Å²) < 4.78 is 1.85. The van der Waals surface area contributed by atoms with Crippen LogP contribution in [-0.2, 0) is 13.5 Å². The number of aliphatic hydroxyl groups excluding tert-OH is 1. The minimum Gasteiger partial charge on any atom is -0.396 e. The van der Waals surface area contributed by atoms with E-state index in [4.69, 9.17) is 5.11 Å². The normalized spacial score (nSPS) is 22.3. The molecule has 1 N–H and O–H groups in total. The molecule has 1 unspecified atom stereocenters. The van der Waals surface area contributed by atoms with Crippen molar-refractivity contribution >= 4 is 0 Å². The number of hydrogen-bond donors (Lipinski definition) is 1. The Morgan fingerprint density at radius 2 is 2.58 bits per heavy atom. The summed E-state index contributed by atoms with van der Waals surface area (Å²) >= 11 is 0. The van der Waals surface area contributed by atoms with Gasteiger partial charge in [0.25, 0.3) is 0 Å². The molecule has 0 radical (unpaired) electrons. The molecule has 12 heavy (non-hydrogen) atoms. The quantitative estimate of drug-likeness (QED) is 0.671. The third kappa shape index (κ3) is 1.14. The Balaban J connectivity index is 2.36. The van der Waals surface area contributed by atoms with E-state index in [1.807, 2.05) is 11.7 Å². The fourth-order valence-corrected chi connectivity index (χ4v) is 1.94. The zero-order chi connectivity index (χ0) is 8.55. The first kappa shape index (κ1) is 7.80. The Morgan fingerprint density at radius 1 is 1.75 bits per heavy atom. The van der Waals surface area contributed by atoms with Gasteiger partial charge in [0.05, 0.1) is 12.3 Å². The third-order valence-electron chi connectivity index (χ3n) is 2.54. The lowest BCUT2D eigenvalue weighted by molar-refractivity contribution is 0.250. The van der Waals surface area contributed by atoms with E-state index < -0.39 is 0 Å². The van der Waals surface area contributed by atoms with Crippen molar-refractivity contribution in [3.63, 3.8) is 0 Å². The number of aliphatic hydroxyl groups is 1. The fraction of sp³-hybridized carbons (Fsp3) is 0.667. The number of aromatic nitrogens is 2. The number of aryl methyl sites for hydroxylation is 2. The summed E-state index contributed by atoms with van der Waals surface area (Å²) in [4.78, 5) is 0. The highest BCUT2D eigenvalue weighted by atomic mass is 16.3. The van der Waals surface area contributed by atoms with Gasteiger partial charge in [-0.05, 0) is 24.8 Å². The van der Waals surface area contributed by atoms with Crippen molar-refractivity contribution in [3.05, 3.63) is 17.5 Å². The van der Waals surface area contributed by atoms with Crippen LogP contribution in [0.25, 0.3) is 0 Å². The van der Waals surface area contributed by atoms with Gasteiger partial charge in [-0.15, -0.1) is 0 Å². The lowest BCUT2D eigenvalue weighted by Gasteiger charge is -2.18. The van der Waals surface area contributed by atoms with E-state index in [-0.39, 0.29) is 12.5 Å². The van der Waals surface area contributed by atoms with Crippen molar-refractivity contribution in [1.82, 2.24) is 9.78 Å². The summed E-state index contributed by atoms with van der Waals surface area (Å²) in [6.07, 6.45) is 5.46. The molecule has 1 aliphatic rings. The van der Waals surface area contributed by atoms with Gasteiger partial charge in [-0.1, -0.05) is 0 Å². The molecule has 3 nitrogen and oxygen atoms in total. The zero-order valence-corrected chi connectivity index (χ0v) is 7.32. The maximum atomic E-state index is 9.10. The molecule has 1 aromatic rings. The number of rotatable bonds is 1. The highest BCUT2D eigenvalue weighted by molar-refractivity contribution is 5.23. The van der Waals surface area contributed by atoms with Gasteiger partial charge in [0.1, 0.15) is 0 Å². The second-order valence-corrected chi connectivity index (χ2v) is 3.48. The lowest BCUT2D eigenvalue weighted by Crippen LogP contribution is -2.12. The molecule has 0 saturated carbocycles. The summed E-state index contributed by atoms with van der Waals surface area (Å²) in [5.74, 6) is 0.287. The second kappa shape index (κ2) is 2.90. The van der Waals surface area contributed by atoms with E-state index >= 15 is 0 Å². The van der Waals surface area contributed by atoms with Crippen LogP contribution in [0.2, 0.25) is 0 Å². The van der Waals surface area contributed by atoms with Crippen molar-refractivity contribution < 1.29 is 5.11 Å². The van der Waals surface area contributed by atoms with Gasteiger partial charge >= 0.3 is 0 Å². The molecule has 0 aromatic carbocycles. The fourth-order valence-electron chi connectivity index (χ4n) is 1.94. The molecule has 3 heteroatoms. The van der Waals surface area contributed by atoms with Gasteiger partial charge in [0.2, 0.25) is 0 Å². The molecule has 1 heterocycles. The van der Waals surface area contributed by atoms with Gasteiger partial charge in [-0.25, -0.2) is 0 Å². The van der Waals surface area contributed by atoms with Crippen molar-refractivity contribution in [1.29, 1.82) is 0 Å². The number of nitrogens with zero attached hydrogens (tertiary/aromatic N) is 2. The Labute approximate surface area is 72.0 Å². The van der Waals surface area contributed by atoms with Crippen molar-refractivity contribution in [2.24, 2.45) is 7.05 Å². The maximum absolute atomic E-state index is 9.10. The molecule has 66 valence electrons. The molecule has 1 aliphatic carbocycles. The standard InChI is InChI=1S/C9H14N2O/c1-11-5-7-3-2-4-8(6-12)9(7)10-11/h5,8,12H,2-4,6H2,1H3. The third-order valence-corrected chi connectivity index (χ3v) is 2.54. The predicted molar refractivity (Wildman–Crippen MR) is 46.0 cm³/mol. The smallest absolute Gasteiger partial charge is 0.0710 e. The highest BCUT2D eigenvalue weighted by Gasteiger charge is 2.22. The Hall–Kier alpha value is -0.830. The Morgan fingerprint density at radius 3 is 3.33 bits per heavy atom. The van der Waals surface area contributed by atoms with Gasteiger partial charge in [0.15, 0.2) is 0 Å². The first-order valence-electron chi connectivity index (χ1n) is 4.44. The summed E-state index contributed by atoms with van der Waals surface area (Å²) in [6, 6.07) is 0. The average Bonchev–Trinajstić information content (AvgIpc) is 2.44. The monoisotopic (exact) mass is 166 g/mol. The van der Waals surface area contributed by atoms with E-state index in [0.29, 0.717) is 0 Å². The van der Waals surface area contributed by atoms with E-state index in [2.05, 4.69) is 11.3 Å². The van der Waals surface area contributed by atoms with Gasteiger partial charge < -0.3 is 5.11 Å². The van der Waals surface area contributed by atoms with Crippen LogP contribution in [0, 0.1) is 0 Å². The van der Waals surface area contributed by atoms with E-state index in [1.165, 1.54) is 12.0 Å². The molecule has 0 amide bonds. The van der Waals surface area contributed by atoms with Crippen molar-refractivity contribution in [2.45, 2.75) is 25.2 Å². The summed E-state index contributed by atoms with van der Waals surface area (Å²) in [5.41, 5.74) is 2.44. The van der Waals surface area contributed by atoms with Crippen LogP contribution in [0.5, 0.6) is 0 Å². The number of fused-ring (bicyclic) bond motifs is 1. The molecule has 1 aromatic heterocycles. The summed E-state index contributed by atoms with van der Waals surface area (Å²) in [7, 11) is 1.94. The van der Waals surface area contributed by atoms with Gasteiger partial charge in [-0.3, -0.25) is 4.68 Å². The molecule has 1 atom stereocenters. The van der Waals surface area contributed by atoms with E-state index in [0.717, 1.165) is 18.5 Å². The van der Waals surface area contributed by atoms with Crippen molar-refractivity contribution in [2.75, 3.05) is 6.61 Å². The van der Waals surface area contributed by atoms with E-state index in [1.54, 1.807) is 0 Å². The van der Waals surface area contributed by atoms with Gasteiger partial charge in [0, 0.05) is 19.2 Å². The second-order valence-electron chi connectivity index (χ2n) is 3.48. The van der Waals surface area contributed by atoms with Crippen LogP contribution in [0.3, 0.4) is 0 Å². The molecular weight excluding hydrogens is 152 g/mol. The minimum atomic E-state index is 0.240. The molecule has 0 bridgehead atoms. The van der Waals surface area contributed by atoms with Crippen LogP contribution in [0.4, 0.5) is 0 Å². The Kier molecular flexibility index (Phi) is 1.89. The topological polar surface area (TPSA) is 38.0 Å². The molecular formula is C9H14N2O. The largest absolute Gasteiger partial charge is 0.396 e. The lowest BCUT2D eigenvalue weighted by atomic mass is 9.89. The van der Waals surface area contributed by atoms with Crippen molar-refractivity contribution in [3.8, 4) is 0 Å². The minimum absolute atomic E-state index is 0.240. The predicted octanol–water partition coefficient (Wildman–Crippen LogP) is 0.832. The Bertz CT molecular complexity index is 280. The van der Waals surface area contributed by atoms with E-state index in [9.17, 15) is 0 Å². The molecule has 0 fully saturated rings.